The van der Waals surface area contributed by atoms with Crippen molar-refractivity contribution in [1.29, 1.82) is 0 Å². The summed E-state index contributed by atoms with van der Waals surface area (Å²) in [7, 11) is 0. The first-order valence-electron chi connectivity index (χ1n) is 8.33. The molecule has 1 unspecified atom stereocenters. The van der Waals surface area contributed by atoms with Gasteiger partial charge >= 0.3 is 0 Å². The first-order chi connectivity index (χ1) is 12.6. The average Bonchev–Trinajstić information content (AvgIpc) is 2.64. The van der Waals surface area contributed by atoms with E-state index in [2.05, 4.69) is 22.0 Å². The predicted molar refractivity (Wildman–Crippen MR) is 112 cm³/mol. The first kappa shape index (κ1) is 17.6. The van der Waals surface area contributed by atoms with Gasteiger partial charge in [-0.05, 0) is 64.8 Å². The monoisotopic (exact) mass is 401 g/mol. The molecule has 0 spiro atoms. The van der Waals surface area contributed by atoms with Crippen LogP contribution in [0.25, 0.3) is 6.08 Å². The lowest BCUT2D eigenvalue weighted by molar-refractivity contribution is 0.614. The zero-order valence-corrected chi connectivity index (χ0v) is 16.2. The lowest BCUT2D eigenvalue weighted by Crippen LogP contribution is -2.49. The fraction of sp³-hybridized carbons (Fsp3) is 0.150. The fourth-order valence-electron chi connectivity index (χ4n) is 3.31. The molecule has 4 rings (SSSR count). The van der Waals surface area contributed by atoms with Crippen LogP contribution in [0.15, 0.2) is 65.4 Å². The van der Waals surface area contributed by atoms with Crippen LogP contribution in [0.5, 0.6) is 0 Å². The minimum atomic E-state index is 0.0254. The molecule has 3 N–H and O–H groups in total. The highest BCUT2D eigenvalue weighted by Crippen LogP contribution is 2.32. The SMILES string of the molecule is S=C1NC2=C(CNC/C2=C\c2ccc(Cl)cc2)C(c2ccc(Cl)cc2)N1. The first-order valence-corrected chi connectivity index (χ1v) is 9.50. The molecule has 6 heteroatoms. The van der Waals surface area contributed by atoms with E-state index in [4.69, 9.17) is 35.4 Å². The molecule has 0 bridgehead atoms. The molecule has 0 saturated heterocycles. The summed E-state index contributed by atoms with van der Waals surface area (Å²) in [6, 6.07) is 15.7. The van der Waals surface area contributed by atoms with Crippen LogP contribution in [-0.2, 0) is 0 Å². The Morgan fingerprint density at radius 3 is 2.27 bits per heavy atom. The van der Waals surface area contributed by atoms with Gasteiger partial charge in [-0.3, -0.25) is 0 Å². The van der Waals surface area contributed by atoms with Crippen LogP contribution in [0.2, 0.25) is 10.0 Å². The molecular formula is C20H17Cl2N3S. The number of benzene rings is 2. The standard InChI is InChI=1S/C20H17Cl2N3S/c21-15-5-1-12(2-6-15)9-14-10-23-11-17-18(24-20(26)25-19(14)17)13-3-7-16(22)8-4-13/h1-9,18,23H,10-11H2,(H2,24,25,26)/b14-9+. The van der Waals surface area contributed by atoms with Gasteiger partial charge in [0.25, 0.3) is 0 Å². The highest BCUT2D eigenvalue weighted by Gasteiger charge is 2.30. The molecular weight excluding hydrogens is 385 g/mol. The molecule has 2 aromatic carbocycles. The van der Waals surface area contributed by atoms with Gasteiger partial charge in [0.15, 0.2) is 5.11 Å². The van der Waals surface area contributed by atoms with Crippen LogP contribution in [0, 0.1) is 0 Å². The highest BCUT2D eigenvalue weighted by molar-refractivity contribution is 7.80. The van der Waals surface area contributed by atoms with Gasteiger partial charge in [0.1, 0.15) is 0 Å². The van der Waals surface area contributed by atoms with Crippen molar-refractivity contribution in [2.75, 3.05) is 13.1 Å². The lowest BCUT2D eigenvalue weighted by Gasteiger charge is -2.36. The molecule has 3 nitrogen and oxygen atoms in total. The summed E-state index contributed by atoms with van der Waals surface area (Å²) in [5.41, 5.74) is 5.76. The Hall–Kier alpha value is -1.85. The van der Waals surface area contributed by atoms with Crippen molar-refractivity contribution in [1.82, 2.24) is 16.0 Å². The van der Waals surface area contributed by atoms with Gasteiger partial charge in [0, 0.05) is 28.8 Å². The number of halogens is 2. The summed E-state index contributed by atoms with van der Waals surface area (Å²) >= 11 is 17.5. The van der Waals surface area contributed by atoms with Gasteiger partial charge in [-0.15, -0.1) is 0 Å². The molecule has 0 aromatic heterocycles. The summed E-state index contributed by atoms with van der Waals surface area (Å²) in [4.78, 5) is 0. The number of thiocarbonyl (C=S) groups is 1. The van der Waals surface area contributed by atoms with Gasteiger partial charge in [-0.25, -0.2) is 0 Å². The molecule has 0 saturated carbocycles. The van der Waals surface area contributed by atoms with Crippen LogP contribution in [0.4, 0.5) is 0 Å². The maximum Gasteiger partial charge on any atom is 0.171 e. The minimum Gasteiger partial charge on any atom is -0.352 e. The van der Waals surface area contributed by atoms with Gasteiger partial charge in [0.05, 0.1) is 6.04 Å². The smallest absolute Gasteiger partial charge is 0.171 e. The third-order valence-corrected chi connectivity index (χ3v) is 5.27. The van der Waals surface area contributed by atoms with E-state index in [1.54, 1.807) is 0 Å². The Morgan fingerprint density at radius 1 is 0.923 bits per heavy atom. The predicted octanol–water partition coefficient (Wildman–Crippen LogP) is 4.45. The normalized spacial score (nSPS) is 21.2. The quantitative estimate of drug-likeness (QED) is 0.649. The average molecular weight is 402 g/mol. The van der Waals surface area contributed by atoms with E-state index in [1.807, 2.05) is 48.5 Å². The zero-order chi connectivity index (χ0) is 18.1. The van der Waals surface area contributed by atoms with E-state index in [9.17, 15) is 0 Å². The molecule has 2 aromatic rings. The Kier molecular flexibility index (Phi) is 5.00. The number of hydrogen-bond acceptors (Lipinski definition) is 2. The lowest BCUT2D eigenvalue weighted by atomic mass is 9.90. The van der Waals surface area contributed by atoms with Crippen molar-refractivity contribution in [2.45, 2.75) is 6.04 Å². The molecule has 2 aliphatic rings. The Bertz CT molecular complexity index is 902. The van der Waals surface area contributed by atoms with Crippen molar-refractivity contribution in [3.8, 4) is 0 Å². The second-order valence-corrected chi connectivity index (χ2v) is 7.59. The molecule has 0 fully saturated rings. The molecule has 0 amide bonds. The maximum atomic E-state index is 6.04. The van der Waals surface area contributed by atoms with Crippen molar-refractivity contribution >= 4 is 46.6 Å². The largest absolute Gasteiger partial charge is 0.352 e. The van der Waals surface area contributed by atoms with Gasteiger partial charge in [-0.2, -0.15) is 0 Å². The van der Waals surface area contributed by atoms with E-state index < -0.39 is 0 Å². The fourth-order valence-corrected chi connectivity index (χ4v) is 3.78. The van der Waals surface area contributed by atoms with Crippen LogP contribution in [-0.4, -0.2) is 18.2 Å². The van der Waals surface area contributed by atoms with Crippen molar-refractivity contribution in [3.63, 3.8) is 0 Å². The maximum absolute atomic E-state index is 6.04. The van der Waals surface area contributed by atoms with E-state index >= 15 is 0 Å². The Balaban J connectivity index is 1.75. The highest BCUT2D eigenvalue weighted by atomic mass is 35.5. The summed E-state index contributed by atoms with van der Waals surface area (Å²) in [6.45, 7) is 1.58. The van der Waals surface area contributed by atoms with Crippen molar-refractivity contribution in [2.24, 2.45) is 0 Å². The number of nitrogens with one attached hydrogen (secondary N) is 3. The Morgan fingerprint density at radius 2 is 1.58 bits per heavy atom. The van der Waals surface area contributed by atoms with E-state index in [0.717, 1.165) is 40.0 Å². The van der Waals surface area contributed by atoms with Crippen LogP contribution < -0.4 is 16.0 Å². The minimum absolute atomic E-state index is 0.0254. The third kappa shape index (κ3) is 3.64. The molecule has 0 aliphatic carbocycles. The summed E-state index contributed by atoms with van der Waals surface area (Å²) in [6.07, 6.45) is 2.16. The summed E-state index contributed by atoms with van der Waals surface area (Å²) in [5.74, 6) is 0. The van der Waals surface area contributed by atoms with Gasteiger partial charge < -0.3 is 16.0 Å². The van der Waals surface area contributed by atoms with E-state index in [-0.39, 0.29) is 6.04 Å². The summed E-state index contributed by atoms with van der Waals surface area (Å²) in [5, 5.41) is 12.3. The van der Waals surface area contributed by atoms with Crippen molar-refractivity contribution in [3.05, 3.63) is 86.5 Å². The molecule has 2 aliphatic heterocycles. The zero-order valence-electron chi connectivity index (χ0n) is 13.9. The van der Waals surface area contributed by atoms with Gasteiger partial charge in [0.2, 0.25) is 0 Å². The van der Waals surface area contributed by atoms with Crippen LogP contribution in [0.3, 0.4) is 0 Å². The molecule has 26 heavy (non-hydrogen) atoms. The topological polar surface area (TPSA) is 36.1 Å². The second-order valence-electron chi connectivity index (χ2n) is 6.31. The van der Waals surface area contributed by atoms with E-state index in [0.29, 0.717) is 5.11 Å². The molecule has 0 radical (unpaired) electrons. The van der Waals surface area contributed by atoms with Gasteiger partial charge in [-0.1, -0.05) is 47.5 Å². The van der Waals surface area contributed by atoms with Crippen LogP contribution >= 0.6 is 35.4 Å². The number of rotatable bonds is 2. The summed E-state index contributed by atoms with van der Waals surface area (Å²) < 4.78 is 0. The third-order valence-electron chi connectivity index (χ3n) is 4.55. The second kappa shape index (κ2) is 7.41. The molecule has 1 atom stereocenters. The van der Waals surface area contributed by atoms with Crippen LogP contribution in [0.1, 0.15) is 17.2 Å². The molecule has 132 valence electrons. The Labute approximate surface area is 168 Å². The number of hydrogen-bond donors (Lipinski definition) is 3. The molecule has 2 heterocycles. The van der Waals surface area contributed by atoms with E-state index in [1.165, 1.54) is 11.1 Å². The van der Waals surface area contributed by atoms with Crippen molar-refractivity contribution < 1.29 is 0 Å².